The van der Waals surface area contributed by atoms with Gasteiger partial charge in [-0.2, -0.15) is 5.26 Å². The van der Waals surface area contributed by atoms with Crippen LogP contribution in [-0.2, 0) is 0 Å². The van der Waals surface area contributed by atoms with Gasteiger partial charge in [-0.15, -0.1) is 0 Å². The predicted octanol–water partition coefficient (Wildman–Crippen LogP) is 1.97. The molecule has 4 heteroatoms. The van der Waals surface area contributed by atoms with Crippen LogP contribution in [0.5, 0.6) is 0 Å². The fourth-order valence-electron chi connectivity index (χ4n) is 3.98. The summed E-state index contributed by atoms with van der Waals surface area (Å²) in [5.41, 5.74) is -0.313. The van der Waals surface area contributed by atoms with E-state index in [1.165, 1.54) is 58.3 Å². The number of fused-ring (bicyclic) bond motifs is 1. The molecule has 1 aliphatic carbocycles. The molecule has 2 aliphatic heterocycles. The lowest BCUT2D eigenvalue weighted by Gasteiger charge is -2.27. The summed E-state index contributed by atoms with van der Waals surface area (Å²) in [5.74, 6) is 0. The Kier molecular flexibility index (Phi) is 4.83. The van der Waals surface area contributed by atoms with Crippen LogP contribution in [0.2, 0.25) is 0 Å². The lowest BCUT2D eigenvalue weighted by molar-refractivity contribution is 0.214. The molecule has 0 bridgehead atoms. The van der Waals surface area contributed by atoms with Gasteiger partial charge in [0.15, 0.2) is 0 Å². The van der Waals surface area contributed by atoms with E-state index in [1.807, 2.05) is 0 Å². The van der Waals surface area contributed by atoms with Gasteiger partial charge in [0.2, 0.25) is 0 Å². The van der Waals surface area contributed by atoms with Gasteiger partial charge >= 0.3 is 0 Å². The second kappa shape index (κ2) is 6.64. The van der Waals surface area contributed by atoms with Crippen molar-refractivity contribution in [1.29, 1.82) is 5.26 Å². The van der Waals surface area contributed by atoms with Crippen LogP contribution in [0.25, 0.3) is 0 Å². The Morgan fingerprint density at radius 1 is 1.19 bits per heavy atom. The minimum Gasteiger partial charge on any atom is -0.302 e. The summed E-state index contributed by atoms with van der Waals surface area (Å²) in [7, 11) is 0. The van der Waals surface area contributed by atoms with Gasteiger partial charge in [0.25, 0.3) is 0 Å². The first-order chi connectivity index (χ1) is 10.2. The van der Waals surface area contributed by atoms with E-state index in [0.717, 1.165) is 25.4 Å². The van der Waals surface area contributed by atoms with Gasteiger partial charge in [-0.1, -0.05) is 0 Å². The maximum absolute atomic E-state index is 9.43. The zero-order valence-electron chi connectivity index (χ0n) is 13.5. The molecule has 21 heavy (non-hydrogen) atoms. The van der Waals surface area contributed by atoms with Crippen molar-refractivity contribution < 1.29 is 0 Å². The standard InChI is InChI=1S/C17H30N4/c1-17(14-18,19-15-6-7-15)8-3-9-20-10-4-12-21-11-2-5-16(21)13-20/h15-16,19H,2-13H2,1H3. The quantitative estimate of drug-likeness (QED) is 0.812. The van der Waals surface area contributed by atoms with Crippen molar-refractivity contribution in [3.05, 3.63) is 0 Å². The number of nitrogens with zero attached hydrogens (tertiary/aromatic N) is 3. The zero-order valence-corrected chi connectivity index (χ0v) is 13.5. The van der Waals surface area contributed by atoms with E-state index in [-0.39, 0.29) is 5.54 Å². The Hall–Kier alpha value is -0.630. The molecule has 1 saturated carbocycles. The highest BCUT2D eigenvalue weighted by atomic mass is 15.3. The second-order valence-corrected chi connectivity index (χ2v) is 7.45. The minimum absolute atomic E-state index is 0.313. The molecule has 3 aliphatic rings. The van der Waals surface area contributed by atoms with Gasteiger partial charge in [0.1, 0.15) is 5.54 Å². The fraction of sp³-hybridized carbons (Fsp3) is 0.941. The van der Waals surface area contributed by atoms with E-state index in [0.29, 0.717) is 6.04 Å². The first kappa shape index (κ1) is 15.3. The highest BCUT2D eigenvalue weighted by molar-refractivity contribution is 5.07. The summed E-state index contributed by atoms with van der Waals surface area (Å²) in [4.78, 5) is 5.33. The van der Waals surface area contributed by atoms with Crippen LogP contribution in [0.4, 0.5) is 0 Å². The average Bonchev–Trinajstić information content (AvgIpc) is 3.21. The Morgan fingerprint density at radius 3 is 2.76 bits per heavy atom. The van der Waals surface area contributed by atoms with Crippen LogP contribution in [-0.4, -0.2) is 60.1 Å². The van der Waals surface area contributed by atoms with Crippen molar-refractivity contribution in [2.45, 2.75) is 69.5 Å². The summed E-state index contributed by atoms with van der Waals surface area (Å²) in [5, 5.41) is 13.0. The van der Waals surface area contributed by atoms with Crippen LogP contribution < -0.4 is 5.32 Å². The van der Waals surface area contributed by atoms with Crippen LogP contribution in [0.15, 0.2) is 0 Å². The summed E-state index contributed by atoms with van der Waals surface area (Å²) in [6.07, 6.45) is 8.70. The fourth-order valence-corrected chi connectivity index (χ4v) is 3.98. The second-order valence-electron chi connectivity index (χ2n) is 7.45. The smallest absolute Gasteiger partial charge is 0.104 e. The normalized spacial score (nSPS) is 30.4. The monoisotopic (exact) mass is 290 g/mol. The summed E-state index contributed by atoms with van der Waals surface area (Å²) in [6.45, 7) is 8.34. The number of nitrogens with one attached hydrogen (secondary N) is 1. The molecule has 2 saturated heterocycles. The van der Waals surface area contributed by atoms with E-state index < -0.39 is 0 Å². The molecule has 4 nitrogen and oxygen atoms in total. The van der Waals surface area contributed by atoms with Gasteiger partial charge in [0.05, 0.1) is 6.07 Å². The van der Waals surface area contributed by atoms with Crippen molar-refractivity contribution in [3.63, 3.8) is 0 Å². The van der Waals surface area contributed by atoms with E-state index in [4.69, 9.17) is 0 Å². The number of rotatable bonds is 6. The predicted molar refractivity (Wildman–Crippen MR) is 85.1 cm³/mol. The SMILES string of the molecule is CC(C#N)(CCCN1CCCN2CCCC2C1)NC1CC1. The lowest BCUT2D eigenvalue weighted by Crippen LogP contribution is -2.43. The Labute approximate surface area is 129 Å². The minimum atomic E-state index is -0.313. The van der Waals surface area contributed by atoms with Crippen molar-refractivity contribution in [1.82, 2.24) is 15.1 Å². The lowest BCUT2D eigenvalue weighted by atomic mass is 9.97. The molecule has 2 unspecified atom stereocenters. The molecular weight excluding hydrogens is 260 g/mol. The van der Waals surface area contributed by atoms with Crippen LogP contribution >= 0.6 is 0 Å². The Morgan fingerprint density at radius 2 is 2.00 bits per heavy atom. The average molecular weight is 290 g/mol. The summed E-state index contributed by atoms with van der Waals surface area (Å²) < 4.78 is 0. The topological polar surface area (TPSA) is 42.3 Å². The molecule has 1 N–H and O–H groups in total. The van der Waals surface area contributed by atoms with Gasteiger partial charge in [-0.25, -0.2) is 0 Å². The van der Waals surface area contributed by atoms with Crippen LogP contribution in [0.3, 0.4) is 0 Å². The van der Waals surface area contributed by atoms with E-state index >= 15 is 0 Å². The zero-order chi connectivity index (χ0) is 14.7. The van der Waals surface area contributed by atoms with Crippen molar-refractivity contribution in [3.8, 4) is 6.07 Å². The molecule has 0 aromatic rings. The summed E-state index contributed by atoms with van der Waals surface area (Å²) >= 11 is 0. The molecular formula is C17H30N4. The molecule has 118 valence electrons. The molecule has 2 heterocycles. The van der Waals surface area contributed by atoms with Crippen molar-refractivity contribution in [2.24, 2.45) is 0 Å². The number of nitriles is 1. The molecule has 0 aromatic carbocycles. The van der Waals surface area contributed by atoms with Crippen molar-refractivity contribution >= 4 is 0 Å². The largest absolute Gasteiger partial charge is 0.302 e. The van der Waals surface area contributed by atoms with E-state index in [1.54, 1.807) is 0 Å². The van der Waals surface area contributed by atoms with Gasteiger partial charge in [-0.05, 0) is 78.0 Å². The van der Waals surface area contributed by atoms with Gasteiger partial charge in [-0.3, -0.25) is 10.2 Å². The third kappa shape index (κ3) is 4.18. The highest BCUT2D eigenvalue weighted by Gasteiger charge is 2.33. The summed E-state index contributed by atoms with van der Waals surface area (Å²) in [6, 6.07) is 3.92. The van der Waals surface area contributed by atoms with Crippen LogP contribution in [0.1, 0.15) is 51.9 Å². The highest BCUT2D eigenvalue weighted by Crippen LogP contribution is 2.25. The molecule has 0 spiro atoms. The molecule has 0 radical (unpaired) electrons. The first-order valence-corrected chi connectivity index (χ1v) is 8.84. The molecule has 3 rings (SSSR count). The maximum atomic E-state index is 9.43. The van der Waals surface area contributed by atoms with E-state index in [9.17, 15) is 5.26 Å². The maximum Gasteiger partial charge on any atom is 0.104 e. The number of hydrogen-bond donors (Lipinski definition) is 1. The van der Waals surface area contributed by atoms with Crippen LogP contribution in [0, 0.1) is 11.3 Å². The third-order valence-corrected chi connectivity index (χ3v) is 5.39. The Balaban J connectivity index is 1.42. The van der Waals surface area contributed by atoms with Crippen molar-refractivity contribution in [2.75, 3.05) is 32.7 Å². The molecule has 0 aromatic heterocycles. The number of hydrogen-bond acceptors (Lipinski definition) is 4. The third-order valence-electron chi connectivity index (χ3n) is 5.39. The van der Waals surface area contributed by atoms with Gasteiger partial charge < -0.3 is 4.90 Å². The molecule has 0 amide bonds. The van der Waals surface area contributed by atoms with E-state index in [2.05, 4.69) is 28.1 Å². The molecule has 3 fully saturated rings. The Bertz CT molecular complexity index is 387. The van der Waals surface area contributed by atoms with Gasteiger partial charge in [0, 0.05) is 18.6 Å². The molecule has 2 atom stereocenters. The first-order valence-electron chi connectivity index (χ1n) is 8.84.